The average molecular weight is 380 g/mol. The van der Waals surface area contributed by atoms with Gasteiger partial charge in [0.15, 0.2) is 5.58 Å². The van der Waals surface area contributed by atoms with Crippen LogP contribution >= 0.6 is 11.6 Å². The largest absolute Gasteiger partial charge is 0.419 e. The van der Waals surface area contributed by atoms with Gasteiger partial charge in [-0.15, -0.1) is 0 Å². The SMILES string of the molecule is CC(C)C(=O)N1CCN(C(=O)CCn2c(=O)oc3cc(Cl)ccc32)CC1. The minimum absolute atomic E-state index is 0.0307. The highest BCUT2D eigenvalue weighted by Crippen LogP contribution is 2.18. The summed E-state index contributed by atoms with van der Waals surface area (Å²) in [5, 5.41) is 0.489. The van der Waals surface area contributed by atoms with Crippen LogP contribution in [-0.2, 0) is 16.1 Å². The normalized spacial score (nSPS) is 15.1. The molecule has 1 aliphatic heterocycles. The van der Waals surface area contributed by atoms with E-state index in [4.69, 9.17) is 16.0 Å². The molecule has 0 bridgehead atoms. The molecule has 7 nitrogen and oxygen atoms in total. The van der Waals surface area contributed by atoms with Crippen LogP contribution in [0.4, 0.5) is 0 Å². The van der Waals surface area contributed by atoms with E-state index in [2.05, 4.69) is 0 Å². The van der Waals surface area contributed by atoms with Crippen molar-refractivity contribution in [3.8, 4) is 0 Å². The van der Waals surface area contributed by atoms with Gasteiger partial charge in [0, 0.05) is 56.2 Å². The van der Waals surface area contributed by atoms with Crippen LogP contribution in [0.5, 0.6) is 0 Å². The first kappa shape index (κ1) is 18.5. The van der Waals surface area contributed by atoms with Crippen LogP contribution in [0, 0.1) is 5.92 Å². The summed E-state index contributed by atoms with van der Waals surface area (Å²) >= 11 is 5.90. The Morgan fingerprint density at radius 3 is 2.46 bits per heavy atom. The molecule has 0 atom stereocenters. The Morgan fingerprint density at radius 2 is 1.81 bits per heavy atom. The number of benzene rings is 1. The number of oxazole rings is 1. The van der Waals surface area contributed by atoms with E-state index >= 15 is 0 Å². The lowest BCUT2D eigenvalue weighted by Crippen LogP contribution is -2.51. The second kappa shape index (κ2) is 7.53. The minimum Gasteiger partial charge on any atom is -0.408 e. The van der Waals surface area contributed by atoms with E-state index in [-0.39, 0.29) is 30.7 Å². The van der Waals surface area contributed by atoms with E-state index in [9.17, 15) is 14.4 Å². The molecule has 0 radical (unpaired) electrons. The van der Waals surface area contributed by atoms with Gasteiger partial charge >= 0.3 is 5.76 Å². The zero-order valence-electron chi connectivity index (χ0n) is 14.9. The fourth-order valence-corrected chi connectivity index (χ4v) is 3.32. The molecule has 1 aliphatic rings. The van der Waals surface area contributed by atoms with E-state index in [1.54, 1.807) is 28.0 Å². The van der Waals surface area contributed by atoms with Gasteiger partial charge in [0.2, 0.25) is 11.8 Å². The maximum absolute atomic E-state index is 12.5. The van der Waals surface area contributed by atoms with Crippen molar-refractivity contribution < 1.29 is 14.0 Å². The molecule has 0 spiro atoms. The van der Waals surface area contributed by atoms with Crippen molar-refractivity contribution in [1.29, 1.82) is 0 Å². The molecular weight excluding hydrogens is 358 g/mol. The molecule has 1 fully saturated rings. The van der Waals surface area contributed by atoms with Gasteiger partial charge in [-0.2, -0.15) is 0 Å². The summed E-state index contributed by atoms with van der Waals surface area (Å²) < 4.78 is 6.62. The first-order valence-corrected chi connectivity index (χ1v) is 9.10. The number of rotatable bonds is 4. The van der Waals surface area contributed by atoms with Crippen molar-refractivity contribution in [2.75, 3.05) is 26.2 Å². The Kier molecular flexibility index (Phi) is 5.36. The van der Waals surface area contributed by atoms with Crippen molar-refractivity contribution in [2.24, 2.45) is 5.92 Å². The standard InChI is InChI=1S/C18H22ClN3O4/c1-12(2)17(24)21-9-7-20(8-10-21)16(23)5-6-22-14-4-3-13(19)11-15(14)26-18(22)25/h3-4,11-12H,5-10H2,1-2H3. The number of aromatic nitrogens is 1. The molecule has 0 saturated carbocycles. The number of halogens is 1. The molecule has 0 aliphatic carbocycles. The van der Waals surface area contributed by atoms with Crippen LogP contribution in [0.3, 0.4) is 0 Å². The third-order valence-corrected chi connectivity index (χ3v) is 4.85. The summed E-state index contributed by atoms with van der Waals surface area (Å²) in [7, 11) is 0. The van der Waals surface area contributed by atoms with Crippen LogP contribution in [0.2, 0.25) is 5.02 Å². The van der Waals surface area contributed by atoms with Crippen LogP contribution in [0.25, 0.3) is 11.1 Å². The third-order valence-electron chi connectivity index (χ3n) is 4.62. The number of carbonyl (C=O) groups is 2. The molecule has 0 unspecified atom stereocenters. The molecule has 2 heterocycles. The number of amides is 2. The summed E-state index contributed by atoms with van der Waals surface area (Å²) in [6.07, 6.45) is 0.204. The van der Waals surface area contributed by atoms with Crippen molar-refractivity contribution >= 4 is 34.5 Å². The summed E-state index contributed by atoms with van der Waals surface area (Å²) in [4.78, 5) is 40.0. The first-order valence-electron chi connectivity index (χ1n) is 8.72. The zero-order chi connectivity index (χ0) is 18.8. The van der Waals surface area contributed by atoms with E-state index < -0.39 is 5.76 Å². The lowest BCUT2D eigenvalue weighted by atomic mass is 10.1. The summed E-state index contributed by atoms with van der Waals surface area (Å²) in [6, 6.07) is 4.98. The van der Waals surface area contributed by atoms with Crippen LogP contribution in [0.15, 0.2) is 27.4 Å². The van der Waals surface area contributed by atoms with Crippen LogP contribution in [0.1, 0.15) is 20.3 Å². The molecule has 1 aromatic carbocycles. The van der Waals surface area contributed by atoms with E-state index in [1.807, 2.05) is 13.8 Å². The van der Waals surface area contributed by atoms with Crippen LogP contribution in [-0.4, -0.2) is 52.4 Å². The number of piperazine rings is 1. The summed E-state index contributed by atoms with van der Waals surface area (Å²) in [5.74, 6) is -0.446. The summed E-state index contributed by atoms with van der Waals surface area (Å²) in [5.41, 5.74) is 1.04. The molecule has 140 valence electrons. The number of carbonyl (C=O) groups excluding carboxylic acids is 2. The topological polar surface area (TPSA) is 75.8 Å². The molecule has 0 N–H and O–H groups in total. The van der Waals surface area contributed by atoms with Crippen molar-refractivity contribution in [3.05, 3.63) is 33.8 Å². The third kappa shape index (κ3) is 3.77. The van der Waals surface area contributed by atoms with E-state index in [1.165, 1.54) is 4.57 Å². The monoisotopic (exact) mass is 379 g/mol. The first-order chi connectivity index (χ1) is 12.4. The second-order valence-electron chi connectivity index (χ2n) is 6.74. The number of aryl methyl sites for hydroxylation is 1. The molecule has 8 heteroatoms. The molecule has 2 amide bonds. The molecule has 1 aromatic heterocycles. The zero-order valence-corrected chi connectivity index (χ0v) is 15.7. The number of hydrogen-bond acceptors (Lipinski definition) is 4. The highest BCUT2D eigenvalue weighted by Gasteiger charge is 2.25. The van der Waals surface area contributed by atoms with Crippen molar-refractivity contribution in [1.82, 2.24) is 14.4 Å². The van der Waals surface area contributed by atoms with Gasteiger partial charge in [0.25, 0.3) is 0 Å². The van der Waals surface area contributed by atoms with Crippen molar-refractivity contribution in [2.45, 2.75) is 26.8 Å². The Hall–Kier alpha value is -2.28. The van der Waals surface area contributed by atoms with Gasteiger partial charge in [-0.1, -0.05) is 25.4 Å². The van der Waals surface area contributed by atoms with Gasteiger partial charge in [0.05, 0.1) is 5.52 Å². The van der Waals surface area contributed by atoms with Gasteiger partial charge in [-0.05, 0) is 12.1 Å². The molecular formula is C18H22ClN3O4. The van der Waals surface area contributed by atoms with Gasteiger partial charge in [-0.3, -0.25) is 14.2 Å². The molecule has 2 aromatic rings. The smallest absolute Gasteiger partial charge is 0.408 e. The van der Waals surface area contributed by atoms with E-state index in [0.717, 1.165) is 0 Å². The maximum Gasteiger partial charge on any atom is 0.419 e. The minimum atomic E-state index is -0.498. The fourth-order valence-electron chi connectivity index (χ4n) is 3.16. The molecule has 1 saturated heterocycles. The van der Waals surface area contributed by atoms with Crippen molar-refractivity contribution in [3.63, 3.8) is 0 Å². The Morgan fingerprint density at radius 1 is 1.15 bits per heavy atom. The summed E-state index contributed by atoms with van der Waals surface area (Å²) in [6.45, 7) is 6.14. The second-order valence-corrected chi connectivity index (χ2v) is 7.18. The van der Waals surface area contributed by atoms with Gasteiger partial charge < -0.3 is 14.2 Å². The average Bonchev–Trinajstić information content (AvgIpc) is 2.93. The van der Waals surface area contributed by atoms with Gasteiger partial charge in [0.1, 0.15) is 0 Å². The Balaban J connectivity index is 1.59. The number of hydrogen-bond donors (Lipinski definition) is 0. The van der Waals surface area contributed by atoms with E-state index in [0.29, 0.717) is 42.3 Å². The predicted octanol–water partition coefficient (Wildman–Crippen LogP) is 1.96. The van der Waals surface area contributed by atoms with Crippen LogP contribution < -0.4 is 5.76 Å². The molecule has 3 rings (SSSR count). The molecule has 26 heavy (non-hydrogen) atoms. The Labute approximate surface area is 156 Å². The Bertz CT molecular complexity index is 878. The lowest BCUT2D eigenvalue weighted by molar-refractivity contribution is -0.141. The van der Waals surface area contributed by atoms with Gasteiger partial charge in [-0.25, -0.2) is 4.79 Å². The number of nitrogens with zero attached hydrogens (tertiary/aromatic N) is 3. The quantitative estimate of drug-likeness (QED) is 0.813. The highest BCUT2D eigenvalue weighted by molar-refractivity contribution is 6.31. The fraction of sp³-hybridized carbons (Fsp3) is 0.500. The highest BCUT2D eigenvalue weighted by atomic mass is 35.5. The number of fused-ring (bicyclic) bond motifs is 1. The lowest BCUT2D eigenvalue weighted by Gasteiger charge is -2.35. The maximum atomic E-state index is 12.5. The predicted molar refractivity (Wildman–Crippen MR) is 98.1 cm³/mol.